The number of rotatable bonds is 8. The lowest BCUT2D eigenvalue weighted by Gasteiger charge is -2.22. The van der Waals surface area contributed by atoms with Crippen LogP contribution < -0.4 is 20.5 Å². The largest absolute Gasteiger partial charge is 0.497 e. The van der Waals surface area contributed by atoms with Gasteiger partial charge in [0.05, 0.1) is 12.8 Å². The molecule has 1 N–H and O–H groups in total. The van der Waals surface area contributed by atoms with Crippen LogP contribution >= 0.6 is 0 Å². The van der Waals surface area contributed by atoms with E-state index in [-0.39, 0.29) is 18.0 Å². The highest BCUT2D eigenvalue weighted by atomic mass is 16.5. The number of aryl methyl sites for hydroxylation is 1. The zero-order valence-electron chi connectivity index (χ0n) is 18.4. The molecule has 1 amide bonds. The van der Waals surface area contributed by atoms with E-state index in [2.05, 4.69) is 35.2 Å². The summed E-state index contributed by atoms with van der Waals surface area (Å²) < 4.78 is 6.42. The number of amides is 1. The third-order valence-electron chi connectivity index (χ3n) is 5.14. The Morgan fingerprint density at radius 2 is 1.87 bits per heavy atom. The fraction of sp³-hybridized carbons (Fsp3) is 0.292. The maximum atomic E-state index is 12.6. The van der Waals surface area contributed by atoms with E-state index in [0.717, 1.165) is 35.6 Å². The Balaban J connectivity index is 1.77. The van der Waals surface area contributed by atoms with E-state index in [1.807, 2.05) is 43.3 Å². The lowest BCUT2D eigenvalue weighted by molar-refractivity contribution is -0.117. The number of benzene rings is 2. The van der Waals surface area contributed by atoms with Crippen LogP contribution in [-0.2, 0) is 11.3 Å². The monoisotopic (exact) mass is 420 g/mol. The van der Waals surface area contributed by atoms with Crippen LogP contribution in [0.25, 0.3) is 11.3 Å². The van der Waals surface area contributed by atoms with E-state index in [1.165, 1.54) is 10.7 Å². The first-order chi connectivity index (χ1) is 14.9. The number of nitrogens with zero attached hydrogens (tertiary/aromatic N) is 3. The number of hydrogen-bond donors (Lipinski definition) is 1. The number of aromatic nitrogens is 2. The van der Waals surface area contributed by atoms with Gasteiger partial charge >= 0.3 is 0 Å². The number of ether oxygens (including phenoxy) is 1. The van der Waals surface area contributed by atoms with Crippen LogP contribution in [0.1, 0.15) is 19.4 Å². The van der Waals surface area contributed by atoms with Crippen LogP contribution in [-0.4, -0.2) is 35.9 Å². The van der Waals surface area contributed by atoms with E-state index in [4.69, 9.17) is 4.74 Å². The average molecular weight is 421 g/mol. The van der Waals surface area contributed by atoms with Gasteiger partial charge in [0.15, 0.2) is 0 Å². The van der Waals surface area contributed by atoms with Crippen molar-refractivity contribution in [1.82, 2.24) is 9.78 Å². The van der Waals surface area contributed by atoms with Gasteiger partial charge < -0.3 is 15.0 Å². The van der Waals surface area contributed by atoms with Crippen LogP contribution in [0.15, 0.2) is 59.4 Å². The normalized spacial score (nSPS) is 10.6. The Hall–Kier alpha value is -3.61. The first-order valence-electron chi connectivity index (χ1n) is 10.3. The summed E-state index contributed by atoms with van der Waals surface area (Å²) >= 11 is 0. The molecule has 162 valence electrons. The molecule has 0 unspecified atom stereocenters. The van der Waals surface area contributed by atoms with Crippen molar-refractivity contribution in [1.29, 1.82) is 0 Å². The van der Waals surface area contributed by atoms with Gasteiger partial charge in [-0.05, 0) is 62.7 Å². The molecule has 0 saturated heterocycles. The van der Waals surface area contributed by atoms with Gasteiger partial charge in [-0.15, -0.1) is 0 Å². The highest BCUT2D eigenvalue weighted by Crippen LogP contribution is 2.23. The Morgan fingerprint density at radius 3 is 2.55 bits per heavy atom. The van der Waals surface area contributed by atoms with Crippen molar-refractivity contribution in [2.75, 3.05) is 30.4 Å². The van der Waals surface area contributed by atoms with Crippen molar-refractivity contribution in [2.45, 2.75) is 27.3 Å². The van der Waals surface area contributed by atoms with E-state index in [1.54, 1.807) is 13.2 Å². The fourth-order valence-electron chi connectivity index (χ4n) is 3.40. The van der Waals surface area contributed by atoms with Crippen LogP contribution in [0.2, 0.25) is 0 Å². The SMILES string of the molecule is CCN(CC)c1ccc(NC(=O)Cn2nc(-c3cccc(OC)c3)ccc2=O)c(C)c1. The van der Waals surface area contributed by atoms with Crippen molar-refractivity contribution in [3.05, 3.63) is 70.5 Å². The number of carbonyl (C=O) groups is 1. The average Bonchev–Trinajstić information content (AvgIpc) is 2.78. The number of hydrogen-bond acceptors (Lipinski definition) is 5. The highest BCUT2D eigenvalue weighted by molar-refractivity contribution is 5.91. The molecule has 0 spiro atoms. The zero-order valence-corrected chi connectivity index (χ0v) is 18.4. The molecule has 7 nitrogen and oxygen atoms in total. The summed E-state index contributed by atoms with van der Waals surface area (Å²) in [4.78, 5) is 27.1. The van der Waals surface area contributed by atoms with E-state index in [0.29, 0.717) is 11.4 Å². The van der Waals surface area contributed by atoms with Crippen molar-refractivity contribution in [3.8, 4) is 17.0 Å². The molecule has 7 heteroatoms. The first kappa shape index (κ1) is 22.1. The molecule has 1 aromatic heterocycles. The quantitative estimate of drug-likeness (QED) is 0.601. The predicted octanol–water partition coefficient (Wildman–Crippen LogP) is 3.71. The van der Waals surface area contributed by atoms with Gasteiger partial charge in [-0.25, -0.2) is 4.68 Å². The predicted molar refractivity (Wildman–Crippen MR) is 124 cm³/mol. The van der Waals surface area contributed by atoms with Gasteiger partial charge in [-0.2, -0.15) is 5.10 Å². The zero-order chi connectivity index (χ0) is 22.4. The minimum atomic E-state index is -0.338. The van der Waals surface area contributed by atoms with Gasteiger partial charge in [0.2, 0.25) is 5.91 Å². The van der Waals surface area contributed by atoms with Crippen molar-refractivity contribution < 1.29 is 9.53 Å². The molecule has 0 saturated carbocycles. The second-order valence-corrected chi connectivity index (χ2v) is 7.17. The molecule has 3 aromatic rings. The Labute approximate surface area is 182 Å². The van der Waals surface area contributed by atoms with E-state index in [9.17, 15) is 9.59 Å². The maximum absolute atomic E-state index is 12.6. The summed E-state index contributed by atoms with van der Waals surface area (Å²) in [5, 5.41) is 7.25. The molecule has 0 aliphatic heterocycles. The summed E-state index contributed by atoms with van der Waals surface area (Å²) in [7, 11) is 1.59. The minimum absolute atomic E-state index is 0.173. The molecule has 2 aromatic carbocycles. The van der Waals surface area contributed by atoms with Gasteiger partial charge in [0.1, 0.15) is 12.3 Å². The third kappa shape index (κ3) is 5.31. The number of methoxy groups -OCH3 is 1. The Morgan fingerprint density at radius 1 is 1.10 bits per heavy atom. The molecule has 31 heavy (non-hydrogen) atoms. The fourth-order valence-corrected chi connectivity index (χ4v) is 3.40. The first-order valence-corrected chi connectivity index (χ1v) is 10.3. The Bertz CT molecular complexity index is 1120. The second kappa shape index (κ2) is 9.93. The summed E-state index contributed by atoms with van der Waals surface area (Å²) in [6.07, 6.45) is 0. The molecule has 0 fully saturated rings. The molecule has 3 rings (SSSR count). The molecule has 0 bridgehead atoms. The standard InChI is InChI=1S/C24H28N4O3/c1-5-27(6-2)19-10-11-21(17(3)14-19)25-23(29)16-28-24(30)13-12-22(26-28)18-8-7-9-20(15-18)31-4/h7-15H,5-6,16H2,1-4H3,(H,25,29). The summed E-state index contributed by atoms with van der Waals surface area (Å²) in [6, 6.07) is 16.4. The summed E-state index contributed by atoms with van der Waals surface area (Å²) in [5.41, 5.74) is 3.85. The van der Waals surface area contributed by atoms with Crippen LogP contribution in [0.4, 0.5) is 11.4 Å². The molecule has 0 atom stereocenters. The molecule has 0 radical (unpaired) electrons. The molecular formula is C24H28N4O3. The van der Waals surface area contributed by atoms with Gasteiger partial charge in [0.25, 0.3) is 5.56 Å². The lowest BCUT2D eigenvalue weighted by Crippen LogP contribution is -2.29. The highest BCUT2D eigenvalue weighted by Gasteiger charge is 2.11. The van der Waals surface area contributed by atoms with Crippen molar-refractivity contribution in [2.24, 2.45) is 0 Å². The molecule has 0 aliphatic carbocycles. The molecule has 0 aliphatic rings. The van der Waals surface area contributed by atoms with Crippen molar-refractivity contribution >= 4 is 17.3 Å². The molecule has 1 heterocycles. The number of anilines is 2. The smallest absolute Gasteiger partial charge is 0.267 e. The van der Waals surface area contributed by atoms with E-state index >= 15 is 0 Å². The summed E-state index contributed by atoms with van der Waals surface area (Å²) in [5.74, 6) is 0.384. The van der Waals surface area contributed by atoms with Crippen LogP contribution in [0.5, 0.6) is 5.75 Å². The van der Waals surface area contributed by atoms with Gasteiger partial charge in [-0.3, -0.25) is 9.59 Å². The van der Waals surface area contributed by atoms with Gasteiger partial charge in [-0.1, -0.05) is 12.1 Å². The number of nitrogens with one attached hydrogen (secondary N) is 1. The van der Waals surface area contributed by atoms with Crippen LogP contribution in [0, 0.1) is 6.92 Å². The topological polar surface area (TPSA) is 76.5 Å². The third-order valence-corrected chi connectivity index (χ3v) is 5.14. The molecular weight excluding hydrogens is 392 g/mol. The second-order valence-electron chi connectivity index (χ2n) is 7.17. The van der Waals surface area contributed by atoms with E-state index < -0.39 is 0 Å². The Kier molecular flexibility index (Phi) is 7.07. The minimum Gasteiger partial charge on any atom is -0.497 e. The maximum Gasteiger partial charge on any atom is 0.267 e. The lowest BCUT2D eigenvalue weighted by atomic mass is 10.1. The summed E-state index contributed by atoms with van der Waals surface area (Å²) in [6.45, 7) is 7.84. The van der Waals surface area contributed by atoms with Gasteiger partial charge in [0, 0.05) is 36.1 Å². The number of carbonyl (C=O) groups excluding carboxylic acids is 1. The van der Waals surface area contributed by atoms with Crippen LogP contribution in [0.3, 0.4) is 0 Å². The van der Waals surface area contributed by atoms with Crippen molar-refractivity contribution in [3.63, 3.8) is 0 Å².